The molecule has 0 saturated heterocycles. The maximum Gasteiger partial charge on any atom is 2.00 e. The molecular formula is C10H10BrRh-. The number of rotatable bonds is 0. The molecule has 0 heterocycles. The molecular weight excluding hydrogens is 303 g/mol. The van der Waals surface area contributed by atoms with Crippen LogP contribution in [0.15, 0.2) is 36.5 Å². The fourth-order valence-electron chi connectivity index (χ4n) is 0.680. The molecule has 2 aliphatic rings. The third kappa shape index (κ3) is 8.16. The molecule has 1 radical (unpaired) electrons. The molecule has 0 aromatic carbocycles. The van der Waals surface area contributed by atoms with E-state index < -0.39 is 0 Å². The van der Waals surface area contributed by atoms with E-state index >= 15 is 0 Å². The van der Waals surface area contributed by atoms with E-state index in [1.807, 2.05) is 24.3 Å². The third-order valence-corrected chi connectivity index (χ3v) is 1.17. The Kier molecular flexibility index (Phi) is 13.4. The Labute approximate surface area is 97.7 Å². The van der Waals surface area contributed by atoms with Crippen LogP contribution in [-0.4, -0.2) is 0 Å². The molecule has 2 rings (SSSR count). The van der Waals surface area contributed by atoms with E-state index in [9.17, 15) is 0 Å². The van der Waals surface area contributed by atoms with E-state index in [-0.39, 0.29) is 36.5 Å². The maximum absolute atomic E-state index is 2.99. The predicted octanol–water partition coefficient (Wildman–Crippen LogP) is -0.387. The summed E-state index contributed by atoms with van der Waals surface area (Å²) >= 11 is 0. The molecule has 0 spiro atoms. The normalized spacial score (nSPS) is 14.7. The Hall–Kier alpha value is 0.0634. The first-order chi connectivity index (χ1) is 5.00. The average Bonchev–Trinajstić information content (AvgIpc) is 2.67. The molecule has 67 valence electrons. The van der Waals surface area contributed by atoms with Gasteiger partial charge in [-0.2, -0.15) is 12.2 Å². The summed E-state index contributed by atoms with van der Waals surface area (Å²) in [7, 11) is 0. The van der Waals surface area contributed by atoms with Gasteiger partial charge >= 0.3 is 19.5 Å². The van der Waals surface area contributed by atoms with Gasteiger partial charge in [0.1, 0.15) is 0 Å². The van der Waals surface area contributed by atoms with Crippen molar-refractivity contribution in [2.75, 3.05) is 0 Å². The minimum absolute atomic E-state index is 0. The maximum atomic E-state index is 2.99. The SMILES string of the molecule is [Br-].[C-]1=CC=CC1.[C-]1=CC=CC1.[Rh+2]. The fraction of sp³-hybridized carbons (Fsp3) is 0.200. The van der Waals surface area contributed by atoms with Crippen LogP contribution in [0.1, 0.15) is 12.8 Å². The second-order valence-corrected chi connectivity index (χ2v) is 2.01. The van der Waals surface area contributed by atoms with Crippen molar-refractivity contribution in [2.45, 2.75) is 12.8 Å². The van der Waals surface area contributed by atoms with Gasteiger partial charge in [-0.25, -0.2) is 24.3 Å². The van der Waals surface area contributed by atoms with Crippen LogP contribution in [0.3, 0.4) is 0 Å². The van der Waals surface area contributed by atoms with Gasteiger partial charge in [-0.05, 0) is 0 Å². The molecule has 0 aromatic heterocycles. The molecule has 0 aliphatic heterocycles. The number of hydrogen-bond acceptors (Lipinski definition) is 0. The summed E-state index contributed by atoms with van der Waals surface area (Å²) in [5.74, 6) is 0. The van der Waals surface area contributed by atoms with Crippen molar-refractivity contribution >= 4 is 0 Å². The summed E-state index contributed by atoms with van der Waals surface area (Å²) in [5.41, 5.74) is 0. The molecule has 0 N–H and O–H groups in total. The van der Waals surface area contributed by atoms with Crippen molar-refractivity contribution in [1.82, 2.24) is 0 Å². The monoisotopic (exact) mass is 312 g/mol. The molecule has 0 unspecified atom stereocenters. The quantitative estimate of drug-likeness (QED) is 0.422. The van der Waals surface area contributed by atoms with Crippen molar-refractivity contribution in [3.05, 3.63) is 48.6 Å². The summed E-state index contributed by atoms with van der Waals surface area (Å²) in [6, 6.07) is 0. The second-order valence-electron chi connectivity index (χ2n) is 2.01. The summed E-state index contributed by atoms with van der Waals surface area (Å²) in [6.45, 7) is 0. The first-order valence-electron chi connectivity index (χ1n) is 3.43. The van der Waals surface area contributed by atoms with Gasteiger partial charge in [0.05, 0.1) is 0 Å². The van der Waals surface area contributed by atoms with E-state index in [1.54, 1.807) is 0 Å². The molecule has 0 nitrogen and oxygen atoms in total. The fourth-order valence-corrected chi connectivity index (χ4v) is 0.680. The van der Waals surface area contributed by atoms with Crippen molar-refractivity contribution in [3.63, 3.8) is 0 Å². The molecule has 0 saturated carbocycles. The van der Waals surface area contributed by atoms with Crippen LogP contribution in [0.5, 0.6) is 0 Å². The van der Waals surface area contributed by atoms with Crippen LogP contribution >= 0.6 is 0 Å². The van der Waals surface area contributed by atoms with E-state index in [0.29, 0.717) is 0 Å². The van der Waals surface area contributed by atoms with E-state index in [4.69, 9.17) is 0 Å². The third-order valence-electron chi connectivity index (χ3n) is 1.17. The van der Waals surface area contributed by atoms with Crippen molar-refractivity contribution in [2.24, 2.45) is 0 Å². The largest absolute Gasteiger partial charge is 2.00 e. The molecule has 0 atom stereocenters. The summed E-state index contributed by atoms with van der Waals surface area (Å²) in [5, 5.41) is 0. The van der Waals surface area contributed by atoms with Gasteiger partial charge in [0, 0.05) is 0 Å². The first kappa shape index (κ1) is 14.6. The standard InChI is InChI=1S/2C5H5.BrH.Rh/c2*1-2-4-5-3-1;;/h2*1-3H,4H2;1H;/q2*-1;;+2/p-1. The predicted molar refractivity (Wildman–Crippen MR) is 43.1 cm³/mol. The molecule has 12 heavy (non-hydrogen) atoms. The number of allylic oxidation sites excluding steroid dienone is 8. The van der Waals surface area contributed by atoms with Gasteiger partial charge in [0.25, 0.3) is 0 Å². The topological polar surface area (TPSA) is 0 Å². The van der Waals surface area contributed by atoms with Crippen LogP contribution in [-0.2, 0) is 19.5 Å². The summed E-state index contributed by atoms with van der Waals surface area (Å²) in [6.07, 6.45) is 20.0. The van der Waals surface area contributed by atoms with Gasteiger partial charge in [0.15, 0.2) is 0 Å². The van der Waals surface area contributed by atoms with Crippen LogP contribution in [0.25, 0.3) is 0 Å². The molecule has 0 bridgehead atoms. The Morgan fingerprint density at radius 2 is 1.25 bits per heavy atom. The summed E-state index contributed by atoms with van der Waals surface area (Å²) in [4.78, 5) is 0. The average molecular weight is 313 g/mol. The zero-order chi connectivity index (χ0) is 7.07. The van der Waals surface area contributed by atoms with E-state index in [1.165, 1.54) is 0 Å². The minimum Gasteiger partial charge on any atom is -1.00 e. The minimum atomic E-state index is 0. The van der Waals surface area contributed by atoms with Crippen molar-refractivity contribution in [3.8, 4) is 0 Å². The summed E-state index contributed by atoms with van der Waals surface area (Å²) < 4.78 is 0. The Bertz CT molecular complexity index is 148. The van der Waals surface area contributed by atoms with Crippen LogP contribution in [0.2, 0.25) is 0 Å². The molecule has 0 fully saturated rings. The van der Waals surface area contributed by atoms with Gasteiger partial charge in [-0.15, -0.1) is 12.8 Å². The van der Waals surface area contributed by atoms with Gasteiger partial charge in [-0.1, -0.05) is 0 Å². The van der Waals surface area contributed by atoms with Gasteiger partial charge in [-0.3, -0.25) is 12.2 Å². The second kappa shape index (κ2) is 11.1. The Balaban J connectivity index is 0. The van der Waals surface area contributed by atoms with Crippen LogP contribution < -0.4 is 17.0 Å². The molecule has 0 aromatic rings. The van der Waals surface area contributed by atoms with Gasteiger partial charge in [0.2, 0.25) is 0 Å². The van der Waals surface area contributed by atoms with Crippen LogP contribution in [0.4, 0.5) is 0 Å². The van der Waals surface area contributed by atoms with E-state index in [0.717, 1.165) is 12.8 Å². The van der Waals surface area contributed by atoms with Crippen LogP contribution in [0, 0.1) is 12.2 Å². The van der Waals surface area contributed by atoms with Crippen molar-refractivity contribution in [1.29, 1.82) is 0 Å². The smallest absolute Gasteiger partial charge is 1.00 e. The van der Waals surface area contributed by atoms with E-state index in [2.05, 4.69) is 24.3 Å². The Morgan fingerprint density at radius 3 is 1.33 bits per heavy atom. The molecule has 2 aliphatic carbocycles. The number of halogens is 1. The zero-order valence-electron chi connectivity index (χ0n) is 6.59. The molecule has 2 heteroatoms. The number of hydrogen-bond donors (Lipinski definition) is 0. The first-order valence-corrected chi connectivity index (χ1v) is 3.43. The van der Waals surface area contributed by atoms with Crippen molar-refractivity contribution < 1.29 is 36.5 Å². The van der Waals surface area contributed by atoms with Gasteiger partial charge < -0.3 is 17.0 Å². The molecule has 0 amide bonds. The Morgan fingerprint density at radius 1 is 0.833 bits per heavy atom. The zero-order valence-corrected chi connectivity index (χ0v) is 9.81.